The molecule has 0 aliphatic heterocycles. The zero-order valence-corrected chi connectivity index (χ0v) is 13.1. The molecule has 0 fully saturated rings. The summed E-state index contributed by atoms with van der Waals surface area (Å²) in [5, 5.41) is 12.3. The van der Waals surface area contributed by atoms with Crippen LogP contribution in [-0.2, 0) is 10.5 Å². The van der Waals surface area contributed by atoms with Gasteiger partial charge in [0.2, 0.25) is 5.91 Å². The molecule has 0 saturated carbocycles. The summed E-state index contributed by atoms with van der Waals surface area (Å²) in [6.07, 6.45) is 0. The number of benzene rings is 1. The third-order valence-corrected chi connectivity index (χ3v) is 4.86. The van der Waals surface area contributed by atoms with Crippen LogP contribution in [0.3, 0.4) is 0 Å². The Morgan fingerprint density at radius 2 is 2.00 bits per heavy atom. The maximum absolute atomic E-state index is 11.8. The Hall–Kier alpha value is -1.79. The van der Waals surface area contributed by atoms with Crippen molar-refractivity contribution < 1.29 is 14.7 Å². The van der Waals surface area contributed by atoms with Gasteiger partial charge in [-0.2, -0.15) is 0 Å². The lowest BCUT2D eigenvalue weighted by atomic mass is 10.2. The van der Waals surface area contributed by atoms with Crippen molar-refractivity contribution in [3.8, 4) is 0 Å². The molecule has 0 saturated heterocycles. The van der Waals surface area contributed by atoms with E-state index in [1.165, 1.54) is 17.3 Å². The lowest BCUT2D eigenvalue weighted by Crippen LogP contribution is -2.13. The number of carboxylic acid groups (broad SMARTS) is 1. The van der Waals surface area contributed by atoms with Crippen LogP contribution in [0, 0.1) is 6.92 Å². The van der Waals surface area contributed by atoms with Crippen LogP contribution in [0.4, 0.5) is 5.00 Å². The summed E-state index contributed by atoms with van der Waals surface area (Å²) < 4.78 is 0. The molecule has 0 bridgehead atoms. The van der Waals surface area contributed by atoms with Crippen LogP contribution >= 0.6 is 23.1 Å². The molecule has 0 spiro atoms. The fourth-order valence-corrected chi connectivity index (χ4v) is 3.48. The van der Waals surface area contributed by atoms with Gasteiger partial charge in [-0.25, -0.2) is 4.79 Å². The van der Waals surface area contributed by atoms with Crippen LogP contribution in [-0.4, -0.2) is 22.7 Å². The monoisotopic (exact) mass is 321 g/mol. The normalized spacial score (nSPS) is 10.3. The lowest BCUT2D eigenvalue weighted by Gasteiger charge is -2.03. The molecule has 1 heterocycles. The molecule has 4 nitrogen and oxygen atoms in total. The van der Waals surface area contributed by atoms with E-state index in [0.717, 1.165) is 17.1 Å². The van der Waals surface area contributed by atoms with Crippen molar-refractivity contribution in [3.05, 3.63) is 52.4 Å². The summed E-state index contributed by atoms with van der Waals surface area (Å²) in [6.45, 7) is 1.72. The van der Waals surface area contributed by atoms with E-state index in [-0.39, 0.29) is 10.8 Å². The summed E-state index contributed by atoms with van der Waals surface area (Å²) in [5.74, 6) is 0.0392. The van der Waals surface area contributed by atoms with Crippen LogP contribution in [0.5, 0.6) is 0 Å². The van der Waals surface area contributed by atoms with Gasteiger partial charge in [-0.1, -0.05) is 30.3 Å². The first-order chi connectivity index (χ1) is 10.1. The number of thioether (sulfide) groups is 1. The largest absolute Gasteiger partial charge is 0.477 e. The number of nitrogens with one attached hydrogen (secondary N) is 1. The van der Waals surface area contributed by atoms with Crippen LogP contribution in [0.1, 0.15) is 20.8 Å². The molecule has 1 aromatic heterocycles. The van der Waals surface area contributed by atoms with Gasteiger partial charge in [0, 0.05) is 5.75 Å². The number of aromatic carboxylic acids is 1. The Morgan fingerprint density at radius 1 is 1.29 bits per heavy atom. The fraction of sp³-hybridized carbons (Fsp3) is 0.200. The molecule has 2 aromatic rings. The highest BCUT2D eigenvalue weighted by Gasteiger charge is 2.13. The van der Waals surface area contributed by atoms with Crippen molar-refractivity contribution in [1.82, 2.24) is 0 Å². The predicted octanol–water partition coefficient (Wildman–Crippen LogP) is 3.63. The Bertz CT molecular complexity index is 638. The number of hydrogen-bond donors (Lipinski definition) is 2. The number of anilines is 1. The first-order valence-corrected chi connectivity index (χ1v) is 8.28. The maximum atomic E-state index is 11.8. The lowest BCUT2D eigenvalue weighted by molar-refractivity contribution is -0.113. The van der Waals surface area contributed by atoms with Gasteiger partial charge in [0.25, 0.3) is 0 Å². The molecule has 0 atom stereocenters. The van der Waals surface area contributed by atoms with E-state index < -0.39 is 5.97 Å². The van der Waals surface area contributed by atoms with E-state index in [1.54, 1.807) is 13.0 Å². The number of thiophene rings is 1. The second kappa shape index (κ2) is 7.28. The molecular formula is C15H15NO3S2. The van der Waals surface area contributed by atoms with Gasteiger partial charge in [0.1, 0.15) is 4.88 Å². The molecular weight excluding hydrogens is 306 g/mol. The van der Waals surface area contributed by atoms with Crippen molar-refractivity contribution in [2.75, 3.05) is 11.1 Å². The number of amides is 1. The van der Waals surface area contributed by atoms with Gasteiger partial charge in [-0.15, -0.1) is 23.1 Å². The minimum atomic E-state index is -0.962. The van der Waals surface area contributed by atoms with Crippen molar-refractivity contribution in [2.45, 2.75) is 12.7 Å². The third-order valence-electron chi connectivity index (χ3n) is 2.72. The average Bonchev–Trinajstić information content (AvgIpc) is 2.81. The van der Waals surface area contributed by atoms with Gasteiger partial charge in [-0.3, -0.25) is 4.79 Å². The number of rotatable bonds is 6. The second-order valence-electron chi connectivity index (χ2n) is 4.45. The van der Waals surface area contributed by atoms with Gasteiger partial charge in [0.15, 0.2) is 0 Å². The summed E-state index contributed by atoms with van der Waals surface area (Å²) in [7, 11) is 0. The minimum Gasteiger partial charge on any atom is -0.477 e. The highest BCUT2D eigenvalue weighted by Crippen LogP contribution is 2.26. The van der Waals surface area contributed by atoms with Gasteiger partial charge < -0.3 is 10.4 Å². The highest BCUT2D eigenvalue weighted by molar-refractivity contribution is 7.99. The second-order valence-corrected chi connectivity index (χ2v) is 6.49. The molecule has 0 radical (unpaired) electrons. The number of carbonyl (C=O) groups excluding carboxylic acids is 1. The fourth-order valence-electron chi connectivity index (χ4n) is 1.77. The number of carbonyl (C=O) groups is 2. The molecule has 2 rings (SSSR count). The van der Waals surface area contributed by atoms with Gasteiger partial charge >= 0.3 is 5.97 Å². The SMILES string of the molecule is Cc1cc(NC(=O)CSCc2ccccc2)sc1C(=O)O. The van der Waals surface area contributed by atoms with Crippen molar-refractivity contribution in [3.63, 3.8) is 0 Å². The molecule has 110 valence electrons. The molecule has 6 heteroatoms. The van der Waals surface area contributed by atoms with Crippen LogP contribution in [0.15, 0.2) is 36.4 Å². The Kier molecular flexibility index (Phi) is 5.41. The molecule has 21 heavy (non-hydrogen) atoms. The Balaban J connectivity index is 1.82. The quantitative estimate of drug-likeness (QED) is 0.852. The molecule has 0 unspecified atom stereocenters. The standard InChI is InChI=1S/C15H15NO3S2/c1-10-7-13(21-14(10)15(18)19)16-12(17)9-20-8-11-5-3-2-4-6-11/h2-7H,8-9H2,1H3,(H,16,17)(H,18,19). The molecule has 0 aliphatic carbocycles. The minimum absolute atomic E-state index is 0.117. The van der Waals surface area contributed by atoms with E-state index >= 15 is 0 Å². The van der Waals surface area contributed by atoms with Crippen LogP contribution in [0.25, 0.3) is 0 Å². The van der Waals surface area contributed by atoms with Crippen molar-refractivity contribution in [2.24, 2.45) is 0 Å². The van der Waals surface area contributed by atoms with E-state index in [4.69, 9.17) is 5.11 Å². The summed E-state index contributed by atoms with van der Waals surface area (Å²) in [4.78, 5) is 23.0. The van der Waals surface area contributed by atoms with Crippen molar-refractivity contribution >= 4 is 40.0 Å². The molecule has 2 N–H and O–H groups in total. The summed E-state index contributed by atoms with van der Waals surface area (Å²) >= 11 is 2.61. The van der Waals surface area contributed by atoms with E-state index in [0.29, 0.717) is 16.3 Å². The predicted molar refractivity (Wildman–Crippen MR) is 87.2 cm³/mol. The molecule has 1 aromatic carbocycles. The summed E-state index contributed by atoms with van der Waals surface area (Å²) in [5.41, 5.74) is 1.84. The van der Waals surface area contributed by atoms with E-state index in [9.17, 15) is 9.59 Å². The van der Waals surface area contributed by atoms with Crippen LogP contribution < -0.4 is 5.32 Å². The van der Waals surface area contributed by atoms with E-state index in [2.05, 4.69) is 5.32 Å². The zero-order chi connectivity index (χ0) is 15.2. The smallest absolute Gasteiger partial charge is 0.346 e. The Morgan fingerprint density at radius 3 is 2.62 bits per heavy atom. The average molecular weight is 321 g/mol. The van der Waals surface area contributed by atoms with Gasteiger partial charge in [-0.05, 0) is 24.1 Å². The van der Waals surface area contributed by atoms with E-state index in [1.807, 2.05) is 30.3 Å². The maximum Gasteiger partial charge on any atom is 0.346 e. The first-order valence-electron chi connectivity index (χ1n) is 6.31. The third kappa shape index (κ3) is 4.61. The molecule has 1 amide bonds. The molecule has 0 aliphatic rings. The number of aryl methyl sites for hydroxylation is 1. The zero-order valence-electron chi connectivity index (χ0n) is 11.5. The summed E-state index contributed by atoms with van der Waals surface area (Å²) in [6, 6.07) is 11.6. The van der Waals surface area contributed by atoms with Gasteiger partial charge in [0.05, 0.1) is 10.8 Å². The van der Waals surface area contributed by atoms with Crippen molar-refractivity contribution in [1.29, 1.82) is 0 Å². The highest BCUT2D eigenvalue weighted by atomic mass is 32.2. The number of hydrogen-bond acceptors (Lipinski definition) is 4. The topological polar surface area (TPSA) is 66.4 Å². The first kappa shape index (κ1) is 15.6. The Labute approximate surface area is 131 Å². The number of carboxylic acids is 1. The van der Waals surface area contributed by atoms with Crippen LogP contribution in [0.2, 0.25) is 0 Å².